The molecule has 0 radical (unpaired) electrons. The van der Waals surface area contributed by atoms with Gasteiger partial charge in [0.15, 0.2) is 5.82 Å². The van der Waals surface area contributed by atoms with Crippen LogP contribution in [0, 0.1) is 12.7 Å². The molecule has 0 N–H and O–H groups in total. The Kier molecular flexibility index (Phi) is 12.6. The van der Waals surface area contributed by atoms with Gasteiger partial charge in [-0.1, -0.05) is 64.7 Å². The molecule has 2 rings (SSSR count). The molecule has 1 heterocycles. The van der Waals surface area contributed by atoms with Gasteiger partial charge in [0.25, 0.3) is 0 Å². The van der Waals surface area contributed by atoms with Crippen molar-refractivity contribution in [3.8, 4) is 0 Å². The van der Waals surface area contributed by atoms with Crippen LogP contribution < -0.4 is 0 Å². The third kappa shape index (κ3) is 5.64. The minimum absolute atomic E-state index is 0.232. The lowest BCUT2D eigenvalue weighted by Crippen LogP contribution is -1.79. The lowest BCUT2D eigenvalue weighted by atomic mass is 10.3. The van der Waals surface area contributed by atoms with Gasteiger partial charge in [-0.05, 0) is 13.0 Å². The summed E-state index contributed by atoms with van der Waals surface area (Å²) in [6, 6.07) is 1.19. The highest BCUT2D eigenvalue weighted by Gasteiger charge is 2.13. The van der Waals surface area contributed by atoms with Crippen molar-refractivity contribution in [3.05, 3.63) is 26.9 Å². The Morgan fingerprint density at radius 3 is 2.00 bits per heavy atom. The Morgan fingerprint density at radius 2 is 1.53 bits per heavy atom. The summed E-state index contributed by atoms with van der Waals surface area (Å²) in [6.45, 7) is 13.8. The smallest absolute Gasteiger partial charge is 0.151 e. The van der Waals surface area contributed by atoms with E-state index in [2.05, 4.69) is 4.98 Å². The van der Waals surface area contributed by atoms with E-state index in [0.29, 0.717) is 15.2 Å². The predicted octanol–water partition coefficient (Wildman–Crippen LogP) is 7.13. The molecule has 0 aliphatic heterocycles. The molecular weight excluding hydrogens is 304 g/mol. The molecule has 1 nitrogen and oxygen atoms in total. The van der Waals surface area contributed by atoms with Crippen LogP contribution in [0.1, 0.15) is 46.6 Å². The topological polar surface area (TPSA) is 12.9 Å². The van der Waals surface area contributed by atoms with Gasteiger partial charge in [0.05, 0.1) is 19.8 Å². The average Bonchev–Trinajstić information content (AvgIpc) is 2.86. The minimum Gasteiger partial charge on any atom is -0.238 e. The van der Waals surface area contributed by atoms with Gasteiger partial charge in [0.2, 0.25) is 0 Å². The minimum atomic E-state index is -0.422. The second-order valence-electron chi connectivity index (χ2n) is 2.56. The van der Waals surface area contributed by atoms with Crippen LogP contribution in [0.4, 0.5) is 4.39 Å². The summed E-state index contributed by atoms with van der Waals surface area (Å²) in [5.74, 6) is -0.422. The molecule has 19 heavy (non-hydrogen) atoms. The number of hydrogen-bond acceptors (Lipinski definition) is 2. The summed E-state index contributed by atoms with van der Waals surface area (Å²) in [4.78, 5) is 4.02. The van der Waals surface area contributed by atoms with E-state index >= 15 is 0 Å². The molecule has 0 spiro atoms. The van der Waals surface area contributed by atoms with Crippen LogP contribution in [-0.4, -0.2) is 4.98 Å². The number of nitrogens with zero attached hydrogens (tertiary/aromatic N) is 1. The molecule has 0 unspecified atom stereocenters. The normalized spacial score (nSPS) is 8.53. The van der Waals surface area contributed by atoms with Crippen molar-refractivity contribution in [1.29, 1.82) is 0 Å². The molecule has 0 atom stereocenters. The molecule has 1 aromatic heterocycles. The van der Waals surface area contributed by atoms with Gasteiger partial charge in [-0.25, -0.2) is 9.37 Å². The van der Waals surface area contributed by atoms with Crippen molar-refractivity contribution >= 4 is 44.8 Å². The van der Waals surface area contributed by atoms with E-state index < -0.39 is 5.82 Å². The molecule has 1 aromatic carbocycles. The molecular formula is C14H22Cl2FNS. The summed E-state index contributed by atoms with van der Waals surface area (Å²) in [5, 5.41) is 1.39. The van der Waals surface area contributed by atoms with Crippen molar-refractivity contribution < 1.29 is 4.39 Å². The number of thiazole rings is 1. The van der Waals surface area contributed by atoms with Gasteiger partial charge in [0, 0.05) is 0 Å². The van der Waals surface area contributed by atoms with Gasteiger partial charge in [0.1, 0.15) is 5.52 Å². The number of benzene rings is 1. The van der Waals surface area contributed by atoms with E-state index in [4.69, 9.17) is 23.2 Å². The zero-order valence-corrected chi connectivity index (χ0v) is 14.9. The Bertz CT molecular complexity index is 484. The fourth-order valence-electron chi connectivity index (χ4n) is 1.09. The maximum Gasteiger partial charge on any atom is 0.151 e. The number of rotatable bonds is 0. The van der Waals surface area contributed by atoms with Crippen LogP contribution in [0.2, 0.25) is 10.0 Å². The average molecular weight is 326 g/mol. The highest BCUT2D eigenvalue weighted by atomic mass is 35.5. The molecule has 2 aromatic rings. The van der Waals surface area contributed by atoms with E-state index in [9.17, 15) is 4.39 Å². The van der Waals surface area contributed by atoms with Gasteiger partial charge in [-0.15, -0.1) is 11.3 Å². The zero-order chi connectivity index (χ0) is 15.6. The van der Waals surface area contributed by atoms with Gasteiger partial charge >= 0.3 is 0 Å². The van der Waals surface area contributed by atoms with Crippen molar-refractivity contribution in [3.63, 3.8) is 0 Å². The molecule has 0 saturated heterocycles. The maximum atomic E-state index is 13.2. The van der Waals surface area contributed by atoms with Gasteiger partial charge in [-0.2, -0.15) is 0 Å². The van der Waals surface area contributed by atoms with Crippen LogP contribution in [0.5, 0.6) is 0 Å². The second kappa shape index (κ2) is 11.4. The largest absolute Gasteiger partial charge is 0.238 e. The first-order valence-corrected chi connectivity index (χ1v) is 8.07. The van der Waals surface area contributed by atoms with Crippen LogP contribution in [-0.2, 0) is 0 Å². The Morgan fingerprint density at radius 1 is 1.05 bits per heavy atom. The first-order chi connectivity index (χ1) is 9.09. The van der Waals surface area contributed by atoms with E-state index in [-0.39, 0.29) is 5.02 Å². The quantitative estimate of drug-likeness (QED) is 0.469. The number of aromatic nitrogens is 1. The predicted molar refractivity (Wildman–Crippen MR) is 88.4 cm³/mol. The first-order valence-electron chi connectivity index (χ1n) is 6.50. The third-order valence-electron chi connectivity index (χ3n) is 1.62. The molecule has 0 bridgehead atoms. The lowest BCUT2D eigenvalue weighted by molar-refractivity contribution is 0.637. The second-order valence-corrected chi connectivity index (χ2v) is 4.55. The molecule has 5 heteroatoms. The van der Waals surface area contributed by atoms with Crippen LogP contribution >= 0.6 is 34.5 Å². The third-order valence-corrected chi connectivity index (χ3v) is 3.51. The highest BCUT2D eigenvalue weighted by molar-refractivity contribution is 7.19. The van der Waals surface area contributed by atoms with Crippen molar-refractivity contribution in [2.24, 2.45) is 0 Å². The van der Waals surface area contributed by atoms with E-state index in [0.717, 1.165) is 5.01 Å². The fraction of sp³-hybridized carbons (Fsp3) is 0.500. The molecule has 0 aliphatic carbocycles. The number of aryl methyl sites for hydroxylation is 1. The SMILES string of the molecule is CC.CC.CC.Cc1nc2c(F)cc(Cl)c(Cl)c2s1. The maximum absolute atomic E-state index is 13.2. The van der Waals surface area contributed by atoms with Crippen LogP contribution in [0.25, 0.3) is 10.2 Å². The van der Waals surface area contributed by atoms with Crippen molar-refractivity contribution in [2.45, 2.75) is 48.5 Å². The zero-order valence-electron chi connectivity index (χ0n) is 12.6. The summed E-state index contributed by atoms with van der Waals surface area (Å²) >= 11 is 12.9. The standard InChI is InChI=1S/C8H4Cl2FNS.3C2H6/c1-3-12-7-5(11)2-4(9)6(10)8(7)13-3;3*1-2/h2H,1H3;3*1-2H3. The first kappa shape index (κ1) is 20.9. The summed E-state index contributed by atoms with van der Waals surface area (Å²) in [6.07, 6.45) is 0. The number of fused-ring (bicyclic) bond motifs is 1. The van der Waals surface area contributed by atoms with Crippen LogP contribution in [0.3, 0.4) is 0 Å². The van der Waals surface area contributed by atoms with Crippen LogP contribution in [0.15, 0.2) is 6.07 Å². The molecule has 0 saturated carbocycles. The molecule has 110 valence electrons. The van der Waals surface area contributed by atoms with E-state index in [1.807, 2.05) is 41.5 Å². The lowest BCUT2D eigenvalue weighted by Gasteiger charge is -1.96. The Labute approximate surface area is 129 Å². The number of hydrogen-bond donors (Lipinski definition) is 0. The van der Waals surface area contributed by atoms with Gasteiger partial charge in [-0.3, -0.25) is 0 Å². The van der Waals surface area contributed by atoms with Gasteiger partial charge < -0.3 is 0 Å². The summed E-state index contributed by atoms with van der Waals surface area (Å²) < 4.78 is 13.9. The van der Waals surface area contributed by atoms with E-state index in [1.165, 1.54) is 17.4 Å². The summed E-state index contributed by atoms with van der Waals surface area (Å²) in [5.41, 5.74) is 0.303. The van der Waals surface area contributed by atoms with Crippen molar-refractivity contribution in [2.75, 3.05) is 0 Å². The Balaban J connectivity index is 0. The molecule has 0 aliphatic rings. The molecule has 0 amide bonds. The monoisotopic (exact) mass is 325 g/mol. The highest BCUT2D eigenvalue weighted by Crippen LogP contribution is 2.35. The van der Waals surface area contributed by atoms with E-state index in [1.54, 1.807) is 6.92 Å². The number of halogens is 3. The van der Waals surface area contributed by atoms with Crippen molar-refractivity contribution in [1.82, 2.24) is 4.98 Å². The fourth-order valence-corrected chi connectivity index (χ4v) is 2.47. The Hall–Kier alpha value is -0.380. The molecule has 0 fully saturated rings. The summed E-state index contributed by atoms with van der Waals surface area (Å²) in [7, 11) is 0.